The van der Waals surface area contributed by atoms with Crippen molar-refractivity contribution in [3.63, 3.8) is 0 Å². The molecule has 2 heterocycles. The molecule has 0 aromatic rings. The lowest BCUT2D eigenvalue weighted by molar-refractivity contribution is 0.0434. The van der Waals surface area contributed by atoms with Gasteiger partial charge >= 0.3 is 0 Å². The SMILES string of the molecule is CN(C)C1CCCCN1CCN1CC=CS1. The van der Waals surface area contributed by atoms with Gasteiger partial charge in [-0.3, -0.25) is 9.80 Å². The van der Waals surface area contributed by atoms with Gasteiger partial charge in [0.2, 0.25) is 0 Å². The molecule has 0 spiro atoms. The Labute approximate surface area is 104 Å². The van der Waals surface area contributed by atoms with Gasteiger partial charge < -0.3 is 0 Å². The fourth-order valence-corrected chi connectivity index (χ4v) is 3.24. The van der Waals surface area contributed by atoms with Crippen LogP contribution in [-0.4, -0.2) is 60.5 Å². The molecule has 4 heteroatoms. The van der Waals surface area contributed by atoms with Gasteiger partial charge in [0, 0.05) is 19.6 Å². The van der Waals surface area contributed by atoms with E-state index in [0.29, 0.717) is 6.17 Å². The lowest BCUT2D eigenvalue weighted by Gasteiger charge is -2.40. The summed E-state index contributed by atoms with van der Waals surface area (Å²) in [6, 6.07) is 0. The molecule has 0 radical (unpaired) electrons. The molecule has 2 aliphatic heterocycles. The third kappa shape index (κ3) is 3.23. The largest absolute Gasteiger partial charge is 0.294 e. The van der Waals surface area contributed by atoms with Gasteiger partial charge in [-0.25, -0.2) is 4.31 Å². The molecule has 2 rings (SSSR count). The van der Waals surface area contributed by atoms with E-state index in [1.807, 2.05) is 11.9 Å². The van der Waals surface area contributed by atoms with Crippen LogP contribution >= 0.6 is 11.9 Å². The molecule has 0 saturated carbocycles. The lowest BCUT2D eigenvalue weighted by Crippen LogP contribution is -2.49. The molecule has 0 aromatic carbocycles. The number of nitrogens with zero attached hydrogens (tertiary/aromatic N) is 3. The lowest BCUT2D eigenvalue weighted by atomic mass is 10.1. The van der Waals surface area contributed by atoms with Gasteiger partial charge in [0.1, 0.15) is 0 Å². The maximum Gasteiger partial charge on any atom is 0.0617 e. The minimum Gasteiger partial charge on any atom is -0.294 e. The molecule has 92 valence electrons. The molecule has 2 aliphatic rings. The van der Waals surface area contributed by atoms with Crippen molar-refractivity contribution in [2.24, 2.45) is 0 Å². The van der Waals surface area contributed by atoms with E-state index < -0.39 is 0 Å². The second-order valence-corrected chi connectivity index (χ2v) is 5.84. The predicted molar refractivity (Wildman–Crippen MR) is 71.2 cm³/mol. The fourth-order valence-electron chi connectivity index (χ4n) is 2.54. The number of rotatable bonds is 4. The summed E-state index contributed by atoms with van der Waals surface area (Å²) < 4.78 is 2.43. The van der Waals surface area contributed by atoms with E-state index in [1.54, 1.807) is 0 Å². The maximum absolute atomic E-state index is 2.64. The van der Waals surface area contributed by atoms with Crippen LogP contribution in [0, 0.1) is 0 Å². The van der Waals surface area contributed by atoms with Crippen LogP contribution in [0.25, 0.3) is 0 Å². The Hall–Kier alpha value is -0.0300. The number of hydrogen-bond acceptors (Lipinski definition) is 4. The van der Waals surface area contributed by atoms with Crippen LogP contribution in [0.1, 0.15) is 19.3 Å². The van der Waals surface area contributed by atoms with E-state index in [0.717, 1.165) is 6.54 Å². The van der Waals surface area contributed by atoms with Crippen LogP contribution in [0.4, 0.5) is 0 Å². The highest BCUT2D eigenvalue weighted by Crippen LogP contribution is 2.21. The first-order chi connectivity index (χ1) is 7.77. The molecule has 1 fully saturated rings. The van der Waals surface area contributed by atoms with Crippen LogP contribution in [0.5, 0.6) is 0 Å². The van der Waals surface area contributed by atoms with Gasteiger partial charge in [0.05, 0.1) is 6.17 Å². The standard InChI is InChI=1S/C12H23N3S/c1-13(2)12-6-3-4-7-14(12)9-10-15-8-5-11-16-15/h5,11-12H,3-4,6-10H2,1-2H3. The number of likely N-dealkylation sites (tertiary alicyclic amines) is 1. The van der Waals surface area contributed by atoms with Crippen LogP contribution < -0.4 is 0 Å². The Morgan fingerprint density at radius 3 is 2.88 bits per heavy atom. The predicted octanol–water partition coefficient (Wildman–Crippen LogP) is 1.84. The highest BCUT2D eigenvalue weighted by atomic mass is 32.2. The van der Waals surface area contributed by atoms with Crippen molar-refractivity contribution in [2.75, 3.05) is 40.3 Å². The zero-order valence-electron chi connectivity index (χ0n) is 10.4. The molecule has 16 heavy (non-hydrogen) atoms. The van der Waals surface area contributed by atoms with Gasteiger partial charge in [-0.1, -0.05) is 18.0 Å². The molecular formula is C12H23N3S. The Kier molecular flexibility index (Phi) is 4.70. The highest BCUT2D eigenvalue weighted by Gasteiger charge is 2.24. The van der Waals surface area contributed by atoms with Gasteiger partial charge in [-0.05, 0) is 45.3 Å². The molecule has 0 aliphatic carbocycles. The number of piperidine rings is 1. The van der Waals surface area contributed by atoms with Crippen molar-refractivity contribution in [3.8, 4) is 0 Å². The topological polar surface area (TPSA) is 9.72 Å². The second-order valence-electron chi connectivity index (χ2n) is 4.84. The first kappa shape index (κ1) is 12.4. The maximum atomic E-state index is 2.64. The zero-order chi connectivity index (χ0) is 11.4. The van der Waals surface area contributed by atoms with E-state index in [2.05, 4.69) is 39.7 Å². The molecular weight excluding hydrogens is 218 g/mol. The van der Waals surface area contributed by atoms with Crippen molar-refractivity contribution in [2.45, 2.75) is 25.4 Å². The molecule has 0 bridgehead atoms. The summed E-state index contributed by atoms with van der Waals surface area (Å²) in [4.78, 5) is 5.01. The van der Waals surface area contributed by atoms with Gasteiger partial charge in [0.25, 0.3) is 0 Å². The summed E-state index contributed by atoms with van der Waals surface area (Å²) in [6.45, 7) is 4.78. The van der Waals surface area contributed by atoms with E-state index in [-0.39, 0.29) is 0 Å². The first-order valence-corrected chi connectivity index (χ1v) is 7.08. The molecule has 1 saturated heterocycles. The van der Waals surface area contributed by atoms with Gasteiger partial charge in [-0.15, -0.1) is 0 Å². The summed E-state index contributed by atoms with van der Waals surface area (Å²) in [5.74, 6) is 0. The summed E-state index contributed by atoms with van der Waals surface area (Å²) in [5, 5.41) is 2.19. The van der Waals surface area contributed by atoms with Gasteiger partial charge in [0.15, 0.2) is 0 Å². The summed E-state index contributed by atoms with van der Waals surface area (Å²) >= 11 is 1.85. The third-order valence-electron chi connectivity index (χ3n) is 3.43. The summed E-state index contributed by atoms with van der Waals surface area (Å²) in [6.07, 6.45) is 6.99. The molecule has 3 nitrogen and oxygen atoms in total. The summed E-state index contributed by atoms with van der Waals surface area (Å²) in [7, 11) is 4.41. The minimum atomic E-state index is 0.661. The Morgan fingerprint density at radius 2 is 2.19 bits per heavy atom. The smallest absolute Gasteiger partial charge is 0.0617 e. The van der Waals surface area contributed by atoms with E-state index in [9.17, 15) is 0 Å². The van der Waals surface area contributed by atoms with E-state index in [4.69, 9.17) is 0 Å². The first-order valence-electron chi connectivity index (χ1n) is 6.24. The molecule has 0 amide bonds. The normalized spacial score (nSPS) is 28.1. The Balaban J connectivity index is 1.77. The van der Waals surface area contributed by atoms with Crippen molar-refractivity contribution in [3.05, 3.63) is 11.5 Å². The van der Waals surface area contributed by atoms with E-state index in [1.165, 1.54) is 38.9 Å². The van der Waals surface area contributed by atoms with Crippen molar-refractivity contribution in [1.29, 1.82) is 0 Å². The second kappa shape index (κ2) is 6.05. The average molecular weight is 241 g/mol. The molecule has 0 aromatic heterocycles. The Morgan fingerprint density at radius 1 is 1.31 bits per heavy atom. The minimum absolute atomic E-state index is 0.661. The van der Waals surface area contributed by atoms with Crippen LogP contribution in [0.15, 0.2) is 11.5 Å². The van der Waals surface area contributed by atoms with E-state index >= 15 is 0 Å². The average Bonchev–Trinajstić information content (AvgIpc) is 2.79. The summed E-state index contributed by atoms with van der Waals surface area (Å²) in [5.41, 5.74) is 0. The zero-order valence-corrected chi connectivity index (χ0v) is 11.2. The van der Waals surface area contributed by atoms with Crippen molar-refractivity contribution < 1.29 is 0 Å². The van der Waals surface area contributed by atoms with Gasteiger partial charge in [-0.2, -0.15) is 0 Å². The quantitative estimate of drug-likeness (QED) is 0.695. The monoisotopic (exact) mass is 241 g/mol. The number of hydrogen-bond donors (Lipinski definition) is 0. The van der Waals surface area contributed by atoms with Crippen LogP contribution in [-0.2, 0) is 0 Å². The fraction of sp³-hybridized carbons (Fsp3) is 0.833. The molecule has 0 N–H and O–H groups in total. The van der Waals surface area contributed by atoms with Crippen molar-refractivity contribution >= 4 is 11.9 Å². The van der Waals surface area contributed by atoms with Crippen molar-refractivity contribution in [1.82, 2.24) is 14.1 Å². The highest BCUT2D eigenvalue weighted by molar-refractivity contribution is 8.00. The van der Waals surface area contributed by atoms with Crippen LogP contribution in [0.2, 0.25) is 0 Å². The van der Waals surface area contributed by atoms with Crippen LogP contribution in [0.3, 0.4) is 0 Å². The molecule has 1 unspecified atom stereocenters. The molecule has 1 atom stereocenters. The Bertz CT molecular complexity index is 234. The third-order valence-corrected chi connectivity index (χ3v) is 4.37.